The van der Waals surface area contributed by atoms with Crippen molar-refractivity contribution in [2.24, 2.45) is 4.99 Å². The fraction of sp³-hybridized carbons (Fsp3) is 0.389. The van der Waals surface area contributed by atoms with Gasteiger partial charge in [0.15, 0.2) is 5.82 Å². The van der Waals surface area contributed by atoms with E-state index in [-0.39, 0.29) is 24.3 Å². The number of nitrogens with one attached hydrogen (secondary N) is 2. The van der Waals surface area contributed by atoms with Crippen LogP contribution in [0, 0.1) is 20.8 Å². The number of halogens is 1. The fourth-order valence-corrected chi connectivity index (χ4v) is 8.09. The van der Waals surface area contributed by atoms with Gasteiger partial charge in [-0.2, -0.15) is 0 Å². The van der Waals surface area contributed by atoms with Crippen LogP contribution in [0.1, 0.15) is 57.7 Å². The first kappa shape index (κ1) is 34.0. The number of thiophene rings is 1. The second-order valence-corrected chi connectivity index (χ2v) is 14.6. The second kappa shape index (κ2) is 14.4. The summed E-state index contributed by atoms with van der Waals surface area (Å²) < 4.78 is 2.06. The third-order valence-electron chi connectivity index (χ3n) is 9.66. The molecule has 12 nitrogen and oxygen atoms in total. The maximum Gasteiger partial charge on any atom is 0.328 e. The summed E-state index contributed by atoms with van der Waals surface area (Å²) in [7, 11) is 0. The molecule has 0 radical (unpaired) electrons. The van der Waals surface area contributed by atoms with Crippen LogP contribution in [0.15, 0.2) is 53.5 Å². The van der Waals surface area contributed by atoms with Crippen LogP contribution in [-0.2, 0) is 16.1 Å². The van der Waals surface area contributed by atoms with E-state index >= 15 is 0 Å². The van der Waals surface area contributed by atoms with Gasteiger partial charge in [-0.3, -0.25) is 39.2 Å². The second-order valence-electron chi connectivity index (χ2n) is 13.0. The summed E-state index contributed by atoms with van der Waals surface area (Å²) >= 11 is 7.93. The molecule has 2 saturated heterocycles. The zero-order valence-corrected chi connectivity index (χ0v) is 30.0. The summed E-state index contributed by atoms with van der Waals surface area (Å²) in [6.07, 6.45) is 0.470. The molecule has 50 heavy (non-hydrogen) atoms. The normalized spacial score (nSPS) is 18.3. The highest BCUT2D eigenvalue weighted by molar-refractivity contribution is 7.15. The van der Waals surface area contributed by atoms with Crippen molar-refractivity contribution in [1.29, 1.82) is 0 Å². The van der Waals surface area contributed by atoms with Crippen molar-refractivity contribution in [3.63, 3.8) is 0 Å². The van der Waals surface area contributed by atoms with Gasteiger partial charge in [-0.25, -0.2) is 4.79 Å². The molecule has 1 atom stereocenters. The molecule has 4 amide bonds. The third kappa shape index (κ3) is 7.08. The number of carbonyl (C=O) groups is 3. The average molecular weight is 714 g/mol. The SMILES string of the molecule is Cc1sc2c(c1C)C(c1ccc(Cl)cc1)=N[C@@H](CC(=O)NCCN1CCN(Cc3ccc(N4CCC(=O)NC4=O)cc3)CC1)c1nnc(C)n1-2. The Morgan fingerprint density at radius 1 is 0.960 bits per heavy atom. The van der Waals surface area contributed by atoms with E-state index in [4.69, 9.17) is 16.6 Å². The van der Waals surface area contributed by atoms with Crippen LogP contribution in [0.25, 0.3) is 5.00 Å². The highest BCUT2D eigenvalue weighted by Gasteiger charge is 2.32. The molecule has 7 rings (SSSR count). The number of fused-ring (bicyclic) bond motifs is 3. The minimum absolute atomic E-state index is 0.0738. The number of urea groups is 1. The molecular weight excluding hydrogens is 674 g/mol. The summed E-state index contributed by atoms with van der Waals surface area (Å²) in [5.41, 5.74) is 5.95. The van der Waals surface area contributed by atoms with Gasteiger partial charge >= 0.3 is 6.03 Å². The molecule has 0 bridgehead atoms. The van der Waals surface area contributed by atoms with E-state index in [0.717, 1.165) is 78.2 Å². The average Bonchev–Trinajstić information content (AvgIpc) is 3.58. The molecule has 0 aliphatic carbocycles. The Morgan fingerprint density at radius 2 is 1.68 bits per heavy atom. The largest absolute Gasteiger partial charge is 0.355 e. The highest BCUT2D eigenvalue weighted by Crippen LogP contribution is 2.39. The van der Waals surface area contributed by atoms with Crippen molar-refractivity contribution in [2.75, 3.05) is 50.7 Å². The monoisotopic (exact) mass is 713 g/mol. The van der Waals surface area contributed by atoms with Gasteiger partial charge < -0.3 is 5.32 Å². The van der Waals surface area contributed by atoms with E-state index in [1.54, 1.807) is 16.2 Å². The van der Waals surface area contributed by atoms with E-state index in [2.05, 4.69) is 49.0 Å². The summed E-state index contributed by atoms with van der Waals surface area (Å²) in [6, 6.07) is 14.8. The molecule has 3 aliphatic heterocycles. The Hall–Kier alpha value is -4.43. The molecule has 5 heterocycles. The molecular formula is C36H40ClN9O3S. The smallest absolute Gasteiger partial charge is 0.328 e. The van der Waals surface area contributed by atoms with Crippen LogP contribution >= 0.6 is 22.9 Å². The Labute approximate surface area is 300 Å². The summed E-state index contributed by atoms with van der Waals surface area (Å²) in [6.45, 7) is 12.4. The highest BCUT2D eigenvalue weighted by atomic mass is 35.5. The first-order valence-electron chi connectivity index (χ1n) is 16.9. The number of aryl methyl sites for hydroxylation is 2. The fourth-order valence-electron chi connectivity index (χ4n) is 6.75. The predicted octanol–water partition coefficient (Wildman–Crippen LogP) is 4.57. The predicted molar refractivity (Wildman–Crippen MR) is 195 cm³/mol. The number of anilines is 1. The molecule has 2 N–H and O–H groups in total. The minimum Gasteiger partial charge on any atom is -0.355 e. The van der Waals surface area contributed by atoms with Gasteiger partial charge in [0, 0.05) is 85.5 Å². The molecule has 2 aromatic heterocycles. The Kier molecular flexibility index (Phi) is 9.82. The number of nitrogens with zero attached hydrogens (tertiary/aromatic N) is 7. The Morgan fingerprint density at radius 3 is 2.40 bits per heavy atom. The van der Waals surface area contributed by atoms with Crippen LogP contribution in [-0.4, -0.2) is 93.9 Å². The number of hydrogen-bond acceptors (Lipinski definition) is 9. The molecule has 260 valence electrons. The lowest BCUT2D eigenvalue weighted by molar-refractivity contribution is -0.122. The van der Waals surface area contributed by atoms with Crippen molar-refractivity contribution < 1.29 is 14.4 Å². The lowest BCUT2D eigenvalue weighted by Gasteiger charge is -2.34. The molecule has 14 heteroatoms. The van der Waals surface area contributed by atoms with Gasteiger partial charge in [-0.1, -0.05) is 35.9 Å². The van der Waals surface area contributed by atoms with Crippen molar-refractivity contribution in [3.05, 3.63) is 92.3 Å². The number of aromatic nitrogens is 3. The zero-order chi connectivity index (χ0) is 34.9. The van der Waals surface area contributed by atoms with E-state index in [9.17, 15) is 14.4 Å². The van der Waals surface area contributed by atoms with Crippen LogP contribution in [0.2, 0.25) is 5.02 Å². The topological polar surface area (TPSA) is 128 Å². The molecule has 4 aromatic rings. The molecule has 2 fully saturated rings. The lowest BCUT2D eigenvalue weighted by Crippen LogP contribution is -2.49. The quantitative estimate of drug-likeness (QED) is 0.260. The van der Waals surface area contributed by atoms with Crippen LogP contribution < -0.4 is 15.5 Å². The standard InChI is InChI=1S/C36H40ClN9O3S/c1-22-23(2)50-35-32(22)33(26-6-8-27(37)9-7-26)39-29(34-42-41-24(3)46(34)35)20-31(48)38-13-15-43-16-18-44(19-17-43)21-25-4-10-28(11-5-25)45-14-12-30(47)40-36(45)49/h4-11,29H,12-21H2,1-3H3,(H,38,48)(H,40,47,49)/t29-/m0/s1. The summed E-state index contributed by atoms with van der Waals surface area (Å²) in [4.78, 5) is 49.8. The van der Waals surface area contributed by atoms with Crippen LogP contribution in [0.3, 0.4) is 0 Å². The maximum atomic E-state index is 13.4. The van der Waals surface area contributed by atoms with E-state index in [1.165, 1.54) is 10.4 Å². The number of carbonyl (C=O) groups excluding carboxylic acids is 3. The molecule has 3 aliphatic rings. The van der Waals surface area contributed by atoms with E-state index in [0.29, 0.717) is 30.4 Å². The number of benzene rings is 2. The van der Waals surface area contributed by atoms with Crippen molar-refractivity contribution in [1.82, 2.24) is 35.2 Å². The number of aliphatic imine (C=N–C) groups is 1. The maximum absolute atomic E-state index is 13.4. The van der Waals surface area contributed by atoms with Crippen LogP contribution in [0.4, 0.5) is 10.5 Å². The number of rotatable bonds is 9. The number of piperazine rings is 1. The first-order valence-corrected chi connectivity index (χ1v) is 18.1. The number of amides is 4. The number of imide groups is 1. The van der Waals surface area contributed by atoms with Crippen LogP contribution in [0.5, 0.6) is 0 Å². The van der Waals surface area contributed by atoms with E-state index in [1.807, 2.05) is 55.5 Å². The van der Waals surface area contributed by atoms with Crippen molar-refractivity contribution in [3.8, 4) is 5.00 Å². The summed E-state index contributed by atoms with van der Waals surface area (Å²) in [5.74, 6) is 1.13. The lowest BCUT2D eigenvalue weighted by atomic mass is 9.99. The molecule has 0 saturated carbocycles. The Bertz CT molecular complexity index is 1950. The van der Waals surface area contributed by atoms with Crippen molar-refractivity contribution in [2.45, 2.75) is 46.2 Å². The first-order chi connectivity index (χ1) is 24.1. The third-order valence-corrected chi connectivity index (χ3v) is 11.1. The van der Waals surface area contributed by atoms with Gasteiger partial charge in [0.25, 0.3) is 0 Å². The van der Waals surface area contributed by atoms with Gasteiger partial charge in [0.05, 0.1) is 12.1 Å². The van der Waals surface area contributed by atoms with Gasteiger partial charge in [-0.15, -0.1) is 21.5 Å². The van der Waals surface area contributed by atoms with Gasteiger partial charge in [-0.05, 0) is 56.2 Å². The zero-order valence-electron chi connectivity index (χ0n) is 28.4. The number of hydrogen-bond donors (Lipinski definition) is 2. The minimum atomic E-state index is -0.500. The molecule has 0 spiro atoms. The Balaban J connectivity index is 0.937. The molecule has 2 aromatic carbocycles. The van der Waals surface area contributed by atoms with Crippen molar-refractivity contribution >= 4 is 52.2 Å². The summed E-state index contributed by atoms with van der Waals surface area (Å²) in [5, 5.41) is 16.1. The van der Waals surface area contributed by atoms with Gasteiger partial charge in [0.1, 0.15) is 16.9 Å². The van der Waals surface area contributed by atoms with E-state index < -0.39 is 6.04 Å². The van der Waals surface area contributed by atoms with Gasteiger partial charge in [0.2, 0.25) is 11.8 Å². The molecule has 0 unspecified atom stereocenters.